The lowest BCUT2D eigenvalue weighted by Crippen LogP contribution is -2.49. The van der Waals surface area contributed by atoms with Crippen molar-refractivity contribution in [3.63, 3.8) is 0 Å². The van der Waals surface area contributed by atoms with Crippen molar-refractivity contribution in [2.75, 3.05) is 33.5 Å². The van der Waals surface area contributed by atoms with Crippen LogP contribution in [-0.2, 0) is 0 Å². The molecule has 188 valence electrons. The number of hydrogen-bond donors (Lipinski definition) is 0. The molecule has 3 aromatic carbocycles. The number of rotatable bonds is 6. The number of urea groups is 1. The predicted octanol–water partition coefficient (Wildman–Crippen LogP) is 5.85. The summed E-state index contributed by atoms with van der Waals surface area (Å²) in [6.07, 6.45) is 0.778. The van der Waals surface area contributed by atoms with E-state index in [4.69, 9.17) is 14.2 Å². The third-order valence-electron chi connectivity index (χ3n) is 7.28. The Hall–Kier alpha value is -3.74. The van der Waals surface area contributed by atoms with E-state index in [1.54, 1.807) is 4.90 Å². The first-order chi connectivity index (χ1) is 17.5. The van der Waals surface area contributed by atoms with Crippen molar-refractivity contribution in [3.8, 4) is 17.2 Å². The summed E-state index contributed by atoms with van der Waals surface area (Å²) in [5, 5.41) is 0. The van der Waals surface area contributed by atoms with E-state index in [1.165, 1.54) is 12.1 Å². The number of carbonyl (C=O) groups excluding carboxylic acids is 1. The summed E-state index contributed by atoms with van der Waals surface area (Å²) in [4.78, 5) is 17.2. The second-order valence-electron chi connectivity index (χ2n) is 9.46. The molecule has 36 heavy (non-hydrogen) atoms. The van der Waals surface area contributed by atoms with Crippen LogP contribution < -0.4 is 14.2 Å². The minimum Gasteiger partial charge on any atom is -0.493 e. The van der Waals surface area contributed by atoms with Crippen LogP contribution in [0.1, 0.15) is 36.4 Å². The van der Waals surface area contributed by atoms with Gasteiger partial charge < -0.3 is 24.0 Å². The van der Waals surface area contributed by atoms with Crippen LogP contribution >= 0.6 is 0 Å². The number of likely N-dealkylation sites (tertiary alicyclic amines) is 1. The van der Waals surface area contributed by atoms with Crippen LogP contribution in [0.3, 0.4) is 0 Å². The molecule has 0 bridgehead atoms. The summed E-state index contributed by atoms with van der Waals surface area (Å²) < 4.78 is 30.6. The maximum Gasteiger partial charge on any atom is 0.320 e. The Kier molecular flexibility index (Phi) is 6.98. The third kappa shape index (κ3) is 5.10. The highest BCUT2D eigenvalue weighted by molar-refractivity contribution is 5.75. The van der Waals surface area contributed by atoms with Gasteiger partial charge in [0, 0.05) is 32.1 Å². The molecule has 3 aromatic rings. The van der Waals surface area contributed by atoms with Crippen LogP contribution in [0.4, 0.5) is 9.18 Å². The van der Waals surface area contributed by atoms with Gasteiger partial charge in [-0.2, -0.15) is 0 Å². The first kappa shape index (κ1) is 24.0. The Labute approximate surface area is 211 Å². The number of carbonyl (C=O) groups is 1. The molecule has 2 aliphatic heterocycles. The molecule has 5 rings (SSSR count). The van der Waals surface area contributed by atoms with E-state index in [0.717, 1.165) is 17.5 Å². The molecule has 2 heterocycles. The molecule has 0 saturated carbocycles. The van der Waals surface area contributed by atoms with Crippen molar-refractivity contribution in [1.82, 2.24) is 9.80 Å². The highest BCUT2D eigenvalue weighted by Gasteiger charge is 2.35. The predicted molar refractivity (Wildman–Crippen MR) is 135 cm³/mol. The van der Waals surface area contributed by atoms with Crippen molar-refractivity contribution in [2.24, 2.45) is 5.92 Å². The van der Waals surface area contributed by atoms with Gasteiger partial charge in [0.25, 0.3) is 0 Å². The fraction of sp³-hybridized carbons (Fsp3) is 0.345. The first-order valence-corrected chi connectivity index (χ1v) is 12.3. The molecule has 3 atom stereocenters. The normalized spacial score (nSPS) is 19.6. The molecule has 1 fully saturated rings. The van der Waals surface area contributed by atoms with Crippen LogP contribution in [0.15, 0.2) is 72.8 Å². The highest BCUT2D eigenvalue weighted by Crippen LogP contribution is 2.37. The van der Waals surface area contributed by atoms with E-state index in [-0.39, 0.29) is 36.5 Å². The molecule has 1 saturated heterocycles. The Morgan fingerprint density at radius 3 is 2.61 bits per heavy atom. The Bertz CT molecular complexity index is 1190. The lowest BCUT2D eigenvalue weighted by molar-refractivity contribution is 0.0984. The maximum atomic E-state index is 13.6. The van der Waals surface area contributed by atoms with Gasteiger partial charge in [-0.1, -0.05) is 42.5 Å². The molecule has 6 nitrogen and oxygen atoms in total. The molecule has 0 aliphatic carbocycles. The van der Waals surface area contributed by atoms with Crippen molar-refractivity contribution in [3.05, 3.63) is 89.7 Å². The van der Waals surface area contributed by atoms with Gasteiger partial charge in [-0.25, -0.2) is 9.18 Å². The second-order valence-corrected chi connectivity index (χ2v) is 9.46. The summed E-state index contributed by atoms with van der Waals surface area (Å²) in [5.74, 6) is 2.00. The van der Waals surface area contributed by atoms with E-state index < -0.39 is 0 Å². The maximum absolute atomic E-state index is 13.6. The molecule has 2 aliphatic rings. The summed E-state index contributed by atoms with van der Waals surface area (Å²) in [7, 11) is 1.85. The number of nitrogens with zero attached hydrogens (tertiary/aromatic N) is 2. The zero-order valence-corrected chi connectivity index (χ0v) is 20.6. The largest absolute Gasteiger partial charge is 0.493 e. The average Bonchev–Trinajstić information content (AvgIpc) is 3.39. The van der Waals surface area contributed by atoms with Gasteiger partial charge in [-0.05, 0) is 54.7 Å². The quantitative estimate of drug-likeness (QED) is 0.435. The van der Waals surface area contributed by atoms with E-state index in [0.29, 0.717) is 36.9 Å². The van der Waals surface area contributed by atoms with Gasteiger partial charge in [0.05, 0.1) is 12.6 Å². The van der Waals surface area contributed by atoms with Crippen LogP contribution in [0.2, 0.25) is 0 Å². The molecule has 2 amide bonds. The minimum atomic E-state index is -0.254. The zero-order valence-electron chi connectivity index (χ0n) is 20.6. The molecule has 7 heteroatoms. The summed E-state index contributed by atoms with van der Waals surface area (Å²) in [6.45, 7) is 3.85. The number of ether oxygens (including phenoxy) is 3. The number of halogens is 1. The molecular weight excluding hydrogens is 459 g/mol. The Morgan fingerprint density at radius 1 is 1.08 bits per heavy atom. The molecule has 0 spiro atoms. The summed E-state index contributed by atoms with van der Waals surface area (Å²) >= 11 is 0. The number of amides is 2. The van der Waals surface area contributed by atoms with E-state index in [1.807, 2.05) is 79.5 Å². The van der Waals surface area contributed by atoms with Gasteiger partial charge >= 0.3 is 6.03 Å². The van der Waals surface area contributed by atoms with Gasteiger partial charge in [-0.3, -0.25) is 0 Å². The molecule has 0 N–H and O–H groups in total. The lowest BCUT2D eigenvalue weighted by Gasteiger charge is -2.41. The molecule has 0 aromatic heterocycles. The molecular formula is C29H31FN2O4. The van der Waals surface area contributed by atoms with Crippen LogP contribution in [0.25, 0.3) is 0 Å². The number of piperidine rings is 1. The molecule has 0 radical (unpaired) electrons. The SMILES string of the molecule is C[C@@H](c1ccccc1)N(C)C(=O)N1CC[C@@H](c2ccc(F)cc2)[C@H](COc2ccc3c(c2)OCO3)C1. The van der Waals surface area contributed by atoms with Gasteiger partial charge in [0.1, 0.15) is 11.6 Å². The van der Waals surface area contributed by atoms with Crippen LogP contribution in [0, 0.1) is 11.7 Å². The third-order valence-corrected chi connectivity index (χ3v) is 7.28. The summed E-state index contributed by atoms with van der Waals surface area (Å²) in [5.41, 5.74) is 2.16. The van der Waals surface area contributed by atoms with Crippen LogP contribution in [-0.4, -0.2) is 49.4 Å². The van der Waals surface area contributed by atoms with E-state index >= 15 is 0 Å². The number of hydrogen-bond acceptors (Lipinski definition) is 4. The summed E-state index contributed by atoms with van der Waals surface area (Å²) in [6, 6.07) is 22.2. The van der Waals surface area contributed by atoms with Gasteiger partial charge in [0.15, 0.2) is 11.5 Å². The smallest absolute Gasteiger partial charge is 0.320 e. The van der Waals surface area contributed by atoms with Crippen molar-refractivity contribution in [2.45, 2.75) is 25.3 Å². The standard InChI is InChI=1S/C29H31FN2O4/c1-20(21-6-4-3-5-7-21)31(2)29(33)32-15-14-26(22-8-10-24(30)11-9-22)23(17-32)18-34-25-12-13-27-28(16-25)36-19-35-27/h3-13,16,20,23,26H,14-15,17-19H2,1-2H3/t20-,23-,26-/m0/s1. The first-order valence-electron chi connectivity index (χ1n) is 12.3. The number of benzene rings is 3. The average molecular weight is 491 g/mol. The fourth-order valence-electron chi connectivity index (χ4n) is 5.04. The second kappa shape index (κ2) is 10.5. The van der Waals surface area contributed by atoms with Gasteiger partial charge in [0.2, 0.25) is 6.79 Å². The minimum absolute atomic E-state index is 0.00279. The number of fused-ring (bicyclic) bond motifs is 1. The monoisotopic (exact) mass is 490 g/mol. The van der Waals surface area contributed by atoms with E-state index in [2.05, 4.69) is 0 Å². The highest BCUT2D eigenvalue weighted by atomic mass is 19.1. The fourth-order valence-corrected chi connectivity index (χ4v) is 5.04. The van der Waals surface area contributed by atoms with Crippen molar-refractivity contribution in [1.29, 1.82) is 0 Å². The lowest BCUT2D eigenvalue weighted by atomic mass is 9.81. The van der Waals surface area contributed by atoms with Gasteiger partial charge in [-0.15, -0.1) is 0 Å². The Balaban J connectivity index is 1.31. The van der Waals surface area contributed by atoms with Crippen LogP contribution in [0.5, 0.6) is 17.2 Å². The molecule has 0 unspecified atom stereocenters. The van der Waals surface area contributed by atoms with Crippen molar-refractivity contribution >= 4 is 6.03 Å². The van der Waals surface area contributed by atoms with E-state index in [9.17, 15) is 9.18 Å². The zero-order chi connectivity index (χ0) is 25.1. The Morgan fingerprint density at radius 2 is 1.83 bits per heavy atom. The topological polar surface area (TPSA) is 51.2 Å². The van der Waals surface area contributed by atoms with Crippen molar-refractivity contribution < 1.29 is 23.4 Å².